The van der Waals surface area contributed by atoms with Crippen molar-refractivity contribution in [2.75, 3.05) is 18.4 Å². The SMILES string of the molecule is CCC(CC)c1ccc2c(-c3cc(NC(N)=S)ccc3C(=O)O)c3ccc(=[N+](CC)CC)cc-3oc2c1. The number of hydrogen-bond acceptors (Lipinski definition) is 3. The Balaban J connectivity index is 2.14. The minimum Gasteiger partial charge on any atom is -0.478 e. The molecule has 1 heterocycles. The Labute approximate surface area is 222 Å². The summed E-state index contributed by atoms with van der Waals surface area (Å²) in [6, 6.07) is 17.5. The first-order valence-corrected chi connectivity index (χ1v) is 13.2. The van der Waals surface area contributed by atoms with Gasteiger partial charge in [0.1, 0.15) is 24.4 Å². The van der Waals surface area contributed by atoms with Crippen LogP contribution in [0.15, 0.2) is 59.0 Å². The molecule has 2 aliphatic rings. The second kappa shape index (κ2) is 11.1. The standard InChI is InChI=1S/C30H33N3O3S/c1-5-18(6-2)19-9-12-23-26(15-19)36-27-17-21(33(7-3)8-4)11-14-24(27)28(23)25-16-20(32-30(31)37)10-13-22(25)29(34)35/h9-18H,5-8H2,1-4H3,(H3-,31,32,34,35,37)/p+1. The highest BCUT2D eigenvalue weighted by molar-refractivity contribution is 7.80. The van der Waals surface area contributed by atoms with E-state index in [1.165, 1.54) is 5.56 Å². The number of fused-ring (bicyclic) bond motifs is 2. The minimum absolute atomic E-state index is 0.116. The highest BCUT2D eigenvalue weighted by Gasteiger charge is 2.23. The van der Waals surface area contributed by atoms with E-state index in [2.05, 4.69) is 61.9 Å². The van der Waals surface area contributed by atoms with Crippen molar-refractivity contribution in [2.24, 2.45) is 5.73 Å². The van der Waals surface area contributed by atoms with Gasteiger partial charge in [0.15, 0.2) is 5.11 Å². The molecule has 0 radical (unpaired) electrons. The smallest absolute Gasteiger partial charge is 0.336 e. The van der Waals surface area contributed by atoms with Crippen LogP contribution in [-0.4, -0.2) is 29.3 Å². The van der Waals surface area contributed by atoms with Gasteiger partial charge in [0.05, 0.1) is 11.6 Å². The van der Waals surface area contributed by atoms with Crippen molar-refractivity contribution >= 4 is 40.0 Å². The topological polar surface area (TPSA) is 91.5 Å². The molecule has 0 unspecified atom stereocenters. The molecule has 7 heteroatoms. The van der Waals surface area contributed by atoms with Gasteiger partial charge in [0, 0.05) is 28.3 Å². The molecule has 2 aromatic rings. The van der Waals surface area contributed by atoms with E-state index in [-0.39, 0.29) is 10.7 Å². The number of carboxylic acids is 1. The van der Waals surface area contributed by atoms with Crippen LogP contribution in [0, 0.1) is 0 Å². The lowest BCUT2D eigenvalue weighted by molar-refractivity contribution is 0.0697. The van der Waals surface area contributed by atoms with Crippen molar-refractivity contribution in [1.29, 1.82) is 0 Å². The lowest BCUT2D eigenvalue weighted by atomic mass is 9.88. The van der Waals surface area contributed by atoms with Crippen molar-refractivity contribution in [1.82, 2.24) is 4.58 Å². The lowest BCUT2D eigenvalue weighted by Gasteiger charge is -2.19. The van der Waals surface area contributed by atoms with Crippen molar-refractivity contribution < 1.29 is 14.3 Å². The molecule has 0 bridgehead atoms. The van der Waals surface area contributed by atoms with Crippen molar-refractivity contribution in [3.8, 4) is 22.5 Å². The number of benzene rings is 3. The van der Waals surface area contributed by atoms with Gasteiger partial charge in [-0.05, 0) is 86.3 Å². The third-order valence-corrected chi connectivity index (χ3v) is 7.20. The zero-order valence-electron chi connectivity index (χ0n) is 21.8. The van der Waals surface area contributed by atoms with Crippen LogP contribution >= 0.6 is 12.2 Å². The molecule has 0 amide bonds. The minimum atomic E-state index is -1.01. The van der Waals surface area contributed by atoms with E-state index in [9.17, 15) is 9.90 Å². The largest absolute Gasteiger partial charge is 0.478 e. The summed E-state index contributed by atoms with van der Waals surface area (Å²) in [6.45, 7) is 10.4. The Kier molecular flexibility index (Phi) is 7.93. The molecule has 0 atom stereocenters. The molecule has 0 spiro atoms. The number of nitrogens with zero attached hydrogens (tertiary/aromatic N) is 1. The number of thiocarbonyl (C=S) groups is 1. The van der Waals surface area contributed by atoms with Crippen molar-refractivity contribution in [2.45, 2.75) is 46.5 Å². The summed E-state index contributed by atoms with van der Waals surface area (Å²) >= 11 is 5.03. The molecule has 192 valence electrons. The fourth-order valence-corrected chi connectivity index (χ4v) is 5.26. The van der Waals surface area contributed by atoms with Crippen molar-refractivity contribution in [3.63, 3.8) is 0 Å². The van der Waals surface area contributed by atoms with Gasteiger partial charge in [-0.1, -0.05) is 26.0 Å². The Morgan fingerprint density at radius 3 is 2.35 bits per heavy atom. The van der Waals surface area contributed by atoms with Crippen LogP contribution in [0.25, 0.3) is 33.4 Å². The molecular weight excluding hydrogens is 482 g/mol. The summed E-state index contributed by atoms with van der Waals surface area (Å²) in [7, 11) is 0. The molecule has 0 saturated carbocycles. The maximum absolute atomic E-state index is 12.3. The fraction of sp³-hybridized carbons (Fsp3) is 0.300. The Hall–Kier alpha value is -3.71. The maximum Gasteiger partial charge on any atom is 0.336 e. The molecule has 1 aliphatic carbocycles. The number of rotatable bonds is 8. The number of carbonyl (C=O) groups is 1. The van der Waals surface area contributed by atoms with Gasteiger partial charge in [0.2, 0.25) is 5.36 Å². The van der Waals surface area contributed by atoms with E-state index in [1.54, 1.807) is 18.2 Å². The molecule has 37 heavy (non-hydrogen) atoms. The summed E-state index contributed by atoms with van der Waals surface area (Å²) in [5, 5.41) is 15.1. The van der Waals surface area contributed by atoms with Crippen LogP contribution in [-0.2, 0) is 0 Å². The molecule has 0 aromatic heterocycles. The van der Waals surface area contributed by atoms with Gasteiger partial charge in [-0.25, -0.2) is 9.37 Å². The zero-order valence-corrected chi connectivity index (χ0v) is 22.6. The van der Waals surface area contributed by atoms with E-state index in [0.717, 1.165) is 53.4 Å². The normalized spacial score (nSPS) is 11.3. The maximum atomic E-state index is 12.3. The van der Waals surface area contributed by atoms with Gasteiger partial charge < -0.3 is 20.6 Å². The first kappa shape index (κ1) is 26.4. The average Bonchev–Trinajstić information content (AvgIpc) is 2.88. The summed E-state index contributed by atoms with van der Waals surface area (Å²) in [6.07, 6.45) is 2.06. The van der Waals surface area contributed by atoms with E-state index in [1.807, 2.05) is 12.1 Å². The third-order valence-electron chi connectivity index (χ3n) is 7.10. The monoisotopic (exact) mass is 516 g/mol. The predicted molar refractivity (Wildman–Crippen MR) is 155 cm³/mol. The molecule has 2 aromatic carbocycles. The highest BCUT2D eigenvalue weighted by atomic mass is 32.1. The zero-order chi connectivity index (χ0) is 26.7. The molecule has 4 rings (SSSR count). The second-order valence-corrected chi connectivity index (χ2v) is 9.59. The number of carboxylic acid groups (broad SMARTS) is 1. The van der Waals surface area contributed by atoms with Gasteiger partial charge in [-0.15, -0.1) is 0 Å². The predicted octanol–water partition coefficient (Wildman–Crippen LogP) is 6.27. The number of nitrogens with one attached hydrogen (secondary N) is 1. The lowest BCUT2D eigenvalue weighted by Crippen LogP contribution is -2.29. The van der Waals surface area contributed by atoms with Crippen LogP contribution in [0.4, 0.5) is 5.69 Å². The van der Waals surface area contributed by atoms with Crippen molar-refractivity contribution in [3.05, 3.63) is 71.1 Å². The van der Waals surface area contributed by atoms with Crippen LogP contribution in [0.3, 0.4) is 0 Å². The quantitative estimate of drug-likeness (QED) is 0.145. The molecule has 0 fully saturated rings. The van der Waals surface area contributed by atoms with Crippen LogP contribution < -0.4 is 21.0 Å². The first-order chi connectivity index (χ1) is 17.8. The van der Waals surface area contributed by atoms with E-state index >= 15 is 0 Å². The summed E-state index contributed by atoms with van der Waals surface area (Å²) in [5.41, 5.74) is 10.7. The summed E-state index contributed by atoms with van der Waals surface area (Å²) in [4.78, 5) is 12.3. The molecule has 1 aliphatic heterocycles. The van der Waals surface area contributed by atoms with Gasteiger partial charge in [-0.2, -0.15) is 0 Å². The fourth-order valence-electron chi connectivity index (χ4n) is 5.14. The number of hydrogen-bond donors (Lipinski definition) is 3. The van der Waals surface area contributed by atoms with Gasteiger partial charge in [-0.3, -0.25) is 0 Å². The Bertz CT molecular complexity index is 1510. The van der Waals surface area contributed by atoms with Gasteiger partial charge in [0.25, 0.3) is 0 Å². The van der Waals surface area contributed by atoms with Gasteiger partial charge >= 0.3 is 5.97 Å². The second-order valence-electron chi connectivity index (χ2n) is 9.15. The first-order valence-electron chi connectivity index (χ1n) is 12.8. The molecular formula is C30H34N3O3S+. The highest BCUT2D eigenvalue weighted by Crippen LogP contribution is 2.43. The van der Waals surface area contributed by atoms with Crippen LogP contribution in [0.2, 0.25) is 0 Å². The average molecular weight is 517 g/mol. The molecule has 6 nitrogen and oxygen atoms in total. The van der Waals surface area contributed by atoms with E-state index in [4.69, 9.17) is 22.4 Å². The Morgan fingerprint density at radius 1 is 1.00 bits per heavy atom. The number of aromatic carboxylic acids is 1. The number of anilines is 1. The van der Waals surface area contributed by atoms with Crippen LogP contribution in [0.5, 0.6) is 0 Å². The Morgan fingerprint density at radius 2 is 1.73 bits per heavy atom. The summed E-state index contributed by atoms with van der Waals surface area (Å²) in [5.74, 6) is 0.124. The molecule has 4 N–H and O–H groups in total. The molecule has 0 saturated heterocycles. The number of nitrogens with two attached hydrogens (primary N) is 1. The van der Waals surface area contributed by atoms with Crippen LogP contribution in [0.1, 0.15) is 62.4 Å². The summed E-state index contributed by atoms with van der Waals surface area (Å²) < 4.78 is 8.79. The van der Waals surface area contributed by atoms with E-state index in [0.29, 0.717) is 22.9 Å². The van der Waals surface area contributed by atoms with E-state index < -0.39 is 5.97 Å². The third kappa shape index (κ3) is 5.23.